The van der Waals surface area contributed by atoms with Crippen LogP contribution in [0.1, 0.15) is 69.2 Å². The molecule has 6 heteroatoms. The summed E-state index contributed by atoms with van der Waals surface area (Å²) in [7, 11) is 0. The fourth-order valence-corrected chi connectivity index (χ4v) is 0. The molecule has 0 nitrogen and oxygen atoms in total. The van der Waals surface area contributed by atoms with Gasteiger partial charge in [-0.15, -0.1) is 0 Å². The second-order valence-corrected chi connectivity index (χ2v) is 4.50. The minimum absolute atomic E-state index is 0. The Morgan fingerprint density at radius 1 is 0.400 bits per heavy atom. The van der Waals surface area contributed by atoms with Gasteiger partial charge in [-0.05, 0) is 0 Å². The van der Waals surface area contributed by atoms with Crippen molar-refractivity contribution in [1.29, 1.82) is 0 Å². The summed E-state index contributed by atoms with van der Waals surface area (Å²) >= 11 is 0. The van der Waals surface area contributed by atoms with Crippen LogP contribution in [0.25, 0.3) is 0 Å². The Kier molecular flexibility index (Phi) is 217. The van der Waals surface area contributed by atoms with Crippen LogP contribution in [-0.2, 0) is 111 Å². The molecule has 0 bridgehead atoms. The normalized spacial score (nSPS) is 5.70. The third kappa shape index (κ3) is 736. The van der Waals surface area contributed by atoms with Crippen LogP contribution >= 0.6 is 0 Å². The van der Waals surface area contributed by atoms with E-state index in [1.54, 1.807) is 6.92 Å². The average molecular weight is 506 g/mol. The van der Waals surface area contributed by atoms with Crippen molar-refractivity contribution in [3.63, 3.8) is 0 Å². The zero-order chi connectivity index (χ0) is 12.7. The molecular weight excluding hydrogens is 474 g/mol. The molecule has 0 heterocycles. The van der Waals surface area contributed by atoms with E-state index in [0.29, 0.717) is 0 Å². The monoisotopic (exact) mass is 506 g/mol. The Labute approximate surface area is 203 Å². The molecule has 0 fully saturated rings. The molecule has 0 amide bonds. The minimum Gasteiger partial charge on any atom is -0.346 e. The Hall–Kier alpha value is 3.51. The van der Waals surface area contributed by atoms with Gasteiger partial charge in [0.1, 0.15) is 0 Å². The van der Waals surface area contributed by atoms with E-state index in [4.69, 9.17) is 0 Å². The van der Waals surface area contributed by atoms with Crippen LogP contribution in [0.4, 0.5) is 0 Å². The number of rotatable bonds is 0. The van der Waals surface area contributed by atoms with Gasteiger partial charge in [-0.3, -0.25) is 0 Å². The summed E-state index contributed by atoms with van der Waals surface area (Å²) in [5.41, 5.74) is 0. The SMILES string of the molecule is C[C-](C)C.C[C-](C)C.C[C-](C)C.[CH2-]C.[V+2].[V].[V].[V].[V].[V]. The summed E-state index contributed by atoms with van der Waals surface area (Å²) in [5, 5.41) is 0. The van der Waals surface area contributed by atoms with E-state index in [0.717, 1.165) is 0 Å². The van der Waals surface area contributed by atoms with Crippen molar-refractivity contribution in [2.24, 2.45) is 0 Å². The van der Waals surface area contributed by atoms with E-state index in [1.807, 2.05) is 0 Å². The Bertz CT molecular complexity index is 46.2. The molecular formula is C14H32V6-2. The van der Waals surface area contributed by atoms with Crippen molar-refractivity contribution >= 4 is 0 Å². The minimum atomic E-state index is 0. The van der Waals surface area contributed by atoms with Gasteiger partial charge in [0.25, 0.3) is 0 Å². The zero-order valence-corrected chi connectivity index (χ0v) is 23.3. The largest absolute Gasteiger partial charge is 2.00 e. The molecule has 0 saturated heterocycles. The Morgan fingerprint density at radius 3 is 0.400 bits per heavy atom. The maximum Gasteiger partial charge on any atom is 2.00 e. The molecule has 20 heavy (non-hydrogen) atoms. The second-order valence-electron chi connectivity index (χ2n) is 4.50. The van der Waals surface area contributed by atoms with Crippen LogP contribution in [0.2, 0.25) is 0 Å². The van der Waals surface area contributed by atoms with Gasteiger partial charge in [-0.25, -0.2) is 0 Å². The van der Waals surface area contributed by atoms with E-state index < -0.39 is 0 Å². The molecule has 0 aliphatic carbocycles. The van der Waals surface area contributed by atoms with Gasteiger partial charge >= 0.3 is 18.6 Å². The van der Waals surface area contributed by atoms with Crippen molar-refractivity contribution in [2.75, 3.05) is 0 Å². The van der Waals surface area contributed by atoms with Crippen LogP contribution in [-0.4, -0.2) is 0 Å². The molecule has 0 aliphatic heterocycles. The van der Waals surface area contributed by atoms with Crippen molar-refractivity contribution in [1.82, 2.24) is 0 Å². The smallest absolute Gasteiger partial charge is 0.346 e. The first-order valence-corrected chi connectivity index (χ1v) is 5.21. The molecule has 120 valence electrons. The number of hydrogen-bond donors (Lipinski definition) is 0. The molecule has 0 aliphatic rings. The second kappa shape index (κ2) is 66.6. The topological polar surface area (TPSA) is 0 Å². The summed E-state index contributed by atoms with van der Waals surface area (Å²) < 4.78 is 0. The van der Waals surface area contributed by atoms with Crippen molar-refractivity contribution in [3.8, 4) is 0 Å². The predicted molar refractivity (Wildman–Crippen MR) is 71.8 cm³/mol. The van der Waals surface area contributed by atoms with Gasteiger partial charge in [0.05, 0.1) is 0 Å². The first-order chi connectivity index (χ1) is 6.20. The number of hydrogen-bond acceptors (Lipinski definition) is 0. The summed E-state index contributed by atoms with van der Waals surface area (Å²) in [6, 6.07) is 0. The van der Waals surface area contributed by atoms with E-state index in [1.165, 1.54) is 17.8 Å². The molecule has 0 aromatic rings. The van der Waals surface area contributed by atoms with Crippen molar-refractivity contribution in [2.45, 2.75) is 69.2 Å². The van der Waals surface area contributed by atoms with Gasteiger partial charge in [-0.2, -0.15) is 69.2 Å². The van der Waals surface area contributed by atoms with Crippen LogP contribution in [0.15, 0.2) is 0 Å². The first kappa shape index (κ1) is 65.3. The van der Waals surface area contributed by atoms with E-state index in [2.05, 4.69) is 69.2 Å². The van der Waals surface area contributed by atoms with Gasteiger partial charge in [-0.1, -0.05) is 0 Å². The van der Waals surface area contributed by atoms with Gasteiger partial charge in [0.15, 0.2) is 0 Å². The fourth-order valence-electron chi connectivity index (χ4n) is 0. The van der Waals surface area contributed by atoms with Gasteiger partial charge in [0.2, 0.25) is 0 Å². The fraction of sp³-hybridized carbons (Fsp3) is 0.714. The predicted octanol–water partition coefficient (Wildman–Crippen LogP) is 5.69. The summed E-state index contributed by atoms with van der Waals surface area (Å²) in [5.74, 6) is 4.25. The molecule has 0 spiro atoms. The van der Waals surface area contributed by atoms with Crippen LogP contribution < -0.4 is 0 Å². The molecule has 0 rings (SSSR count). The Balaban J connectivity index is -0.00000000773. The van der Waals surface area contributed by atoms with Crippen molar-refractivity contribution in [3.05, 3.63) is 24.7 Å². The quantitative estimate of drug-likeness (QED) is 0.371. The summed E-state index contributed by atoms with van der Waals surface area (Å²) in [6.45, 7) is 23.8. The Morgan fingerprint density at radius 2 is 0.400 bits per heavy atom. The molecule has 0 aromatic heterocycles. The first-order valence-electron chi connectivity index (χ1n) is 5.21. The third-order valence-electron chi connectivity index (χ3n) is 0. The van der Waals surface area contributed by atoms with Crippen LogP contribution in [0.3, 0.4) is 0 Å². The molecule has 6 radical (unpaired) electrons. The average Bonchev–Trinajstić information content (AvgIpc) is 1.86. The molecule has 0 saturated carbocycles. The van der Waals surface area contributed by atoms with Crippen LogP contribution in [0, 0.1) is 24.7 Å². The van der Waals surface area contributed by atoms with E-state index in [9.17, 15) is 0 Å². The van der Waals surface area contributed by atoms with Crippen LogP contribution in [0.5, 0.6) is 0 Å². The van der Waals surface area contributed by atoms with Gasteiger partial charge < -0.3 is 24.7 Å². The zero-order valence-electron chi connectivity index (χ0n) is 14.9. The molecule has 0 atom stereocenters. The van der Waals surface area contributed by atoms with E-state index >= 15 is 0 Å². The van der Waals surface area contributed by atoms with Gasteiger partial charge in [0, 0.05) is 92.8 Å². The summed E-state index contributed by atoms with van der Waals surface area (Å²) in [4.78, 5) is 0. The van der Waals surface area contributed by atoms with E-state index in [-0.39, 0.29) is 111 Å². The maximum atomic E-state index is 3.25. The summed E-state index contributed by atoms with van der Waals surface area (Å²) in [6.07, 6.45) is 0. The standard InChI is InChI=1S/3C4H9.C2H5.6V/c3*1-4(2)3;1-2;;;;;;/h3*1-3H3;1H2,2H3;;;;;;/q4*-1;;;;;;+2. The maximum absolute atomic E-state index is 3.25. The van der Waals surface area contributed by atoms with Crippen molar-refractivity contribution < 1.29 is 111 Å². The molecule has 0 aromatic carbocycles. The molecule has 0 unspecified atom stereocenters. The molecule has 0 N–H and O–H groups in total. The third-order valence-corrected chi connectivity index (χ3v) is 0.